The van der Waals surface area contributed by atoms with Gasteiger partial charge in [-0.25, -0.2) is 15.0 Å². The maximum atomic E-state index is 5.06. The van der Waals surface area contributed by atoms with Crippen LogP contribution in [0, 0.1) is 0 Å². The molecule has 218 valence electrons. The van der Waals surface area contributed by atoms with Crippen LogP contribution in [0.2, 0.25) is 0 Å². The largest absolute Gasteiger partial charge is 0.208 e. The Morgan fingerprint density at radius 2 is 0.804 bits per heavy atom. The van der Waals surface area contributed by atoms with Crippen LogP contribution < -0.4 is 0 Å². The second-order valence-corrected chi connectivity index (χ2v) is 11.5. The smallest absolute Gasteiger partial charge is 0.164 e. The lowest BCUT2D eigenvalue weighted by Crippen LogP contribution is -2.00. The van der Waals surface area contributed by atoms with E-state index in [9.17, 15) is 0 Å². The van der Waals surface area contributed by atoms with E-state index in [1.807, 2.05) is 60.7 Å². The van der Waals surface area contributed by atoms with Crippen molar-refractivity contribution in [2.75, 3.05) is 0 Å². The molecule has 0 unspecified atom stereocenters. The molecule has 0 saturated carbocycles. The Hall–Kier alpha value is -5.93. The molecular formula is C43H31N3. The van der Waals surface area contributed by atoms with Crippen molar-refractivity contribution in [2.45, 2.75) is 13.3 Å². The van der Waals surface area contributed by atoms with Crippen LogP contribution in [-0.2, 0) is 6.42 Å². The molecule has 0 bridgehead atoms. The van der Waals surface area contributed by atoms with Crippen LogP contribution in [-0.4, -0.2) is 15.0 Å². The number of fused-ring (bicyclic) bond motifs is 3. The van der Waals surface area contributed by atoms with Crippen molar-refractivity contribution in [3.63, 3.8) is 0 Å². The van der Waals surface area contributed by atoms with Crippen molar-refractivity contribution in [3.8, 4) is 56.4 Å². The fourth-order valence-corrected chi connectivity index (χ4v) is 6.41. The van der Waals surface area contributed by atoms with Crippen molar-refractivity contribution < 1.29 is 0 Å². The number of aromatic nitrogens is 3. The minimum absolute atomic E-state index is 0.655. The van der Waals surface area contributed by atoms with Crippen LogP contribution in [0.5, 0.6) is 0 Å². The summed E-state index contributed by atoms with van der Waals surface area (Å²) in [4.78, 5) is 15.0. The van der Waals surface area contributed by atoms with E-state index in [1.165, 1.54) is 38.4 Å². The van der Waals surface area contributed by atoms with Crippen molar-refractivity contribution in [1.82, 2.24) is 15.0 Å². The second kappa shape index (κ2) is 11.9. The molecule has 0 saturated heterocycles. The molecule has 0 radical (unpaired) electrons. The zero-order valence-corrected chi connectivity index (χ0v) is 25.6. The summed E-state index contributed by atoms with van der Waals surface area (Å²) >= 11 is 0. The first-order valence-corrected chi connectivity index (χ1v) is 15.8. The van der Waals surface area contributed by atoms with Crippen LogP contribution in [0.3, 0.4) is 0 Å². The second-order valence-electron chi connectivity index (χ2n) is 11.5. The first kappa shape index (κ1) is 27.6. The summed E-state index contributed by atoms with van der Waals surface area (Å²) in [6.07, 6.45) is 0.931. The fraction of sp³-hybridized carbons (Fsp3) is 0.0465. The van der Waals surface area contributed by atoms with E-state index in [0.717, 1.165) is 34.1 Å². The Balaban J connectivity index is 1.41. The topological polar surface area (TPSA) is 38.7 Å². The lowest BCUT2D eigenvalue weighted by molar-refractivity contribution is 1.07. The molecule has 1 heterocycles. The van der Waals surface area contributed by atoms with Gasteiger partial charge in [0.05, 0.1) is 0 Å². The molecule has 3 heteroatoms. The zero-order chi connectivity index (χ0) is 30.9. The molecular weight excluding hydrogens is 558 g/mol. The Bertz CT molecular complexity index is 2260. The van der Waals surface area contributed by atoms with Gasteiger partial charge in [-0.3, -0.25) is 0 Å². The summed E-state index contributed by atoms with van der Waals surface area (Å²) in [5, 5.41) is 4.96. The third-order valence-corrected chi connectivity index (χ3v) is 8.64. The van der Waals surface area contributed by atoms with Gasteiger partial charge in [-0.1, -0.05) is 146 Å². The predicted molar refractivity (Wildman–Crippen MR) is 191 cm³/mol. The van der Waals surface area contributed by atoms with Crippen LogP contribution in [0.1, 0.15) is 12.5 Å². The van der Waals surface area contributed by atoms with E-state index in [-0.39, 0.29) is 0 Å². The molecule has 7 aromatic carbocycles. The molecule has 0 aliphatic heterocycles. The third-order valence-electron chi connectivity index (χ3n) is 8.64. The van der Waals surface area contributed by atoms with E-state index in [4.69, 9.17) is 15.0 Å². The Morgan fingerprint density at radius 1 is 0.370 bits per heavy atom. The van der Waals surface area contributed by atoms with Crippen LogP contribution in [0.15, 0.2) is 158 Å². The highest BCUT2D eigenvalue weighted by Crippen LogP contribution is 2.41. The lowest BCUT2D eigenvalue weighted by Gasteiger charge is -2.17. The minimum Gasteiger partial charge on any atom is -0.208 e. The lowest BCUT2D eigenvalue weighted by atomic mass is 9.87. The molecule has 46 heavy (non-hydrogen) atoms. The van der Waals surface area contributed by atoms with Crippen molar-refractivity contribution in [1.29, 1.82) is 0 Å². The van der Waals surface area contributed by atoms with E-state index in [1.54, 1.807) is 0 Å². The first-order chi connectivity index (χ1) is 22.7. The molecule has 0 aliphatic carbocycles. The van der Waals surface area contributed by atoms with Crippen LogP contribution >= 0.6 is 0 Å². The number of hydrogen-bond acceptors (Lipinski definition) is 3. The molecule has 0 fully saturated rings. The van der Waals surface area contributed by atoms with E-state index in [0.29, 0.717) is 17.5 Å². The summed E-state index contributed by atoms with van der Waals surface area (Å²) in [6, 6.07) is 55.3. The highest BCUT2D eigenvalue weighted by Gasteiger charge is 2.18. The molecule has 0 spiro atoms. The summed E-state index contributed by atoms with van der Waals surface area (Å²) in [5.74, 6) is 1.97. The van der Waals surface area contributed by atoms with Gasteiger partial charge < -0.3 is 0 Å². The molecule has 8 aromatic rings. The van der Waals surface area contributed by atoms with Crippen molar-refractivity contribution in [2.24, 2.45) is 0 Å². The maximum absolute atomic E-state index is 5.06. The van der Waals surface area contributed by atoms with Crippen LogP contribution in [0.25, 0.3) is 78.0 Å². The number of nitrogens with zero attached hydrogens (tertiary/aromatic N) is 3. The maximum Gasteiger partial charge on any atom is 0.164 e. The third kappa shape index (κ3) is 5.12. The molecule has 3 nitrogen and oxygen atoms in total. The molecule has 0 N–H and O–H groups in total. The van der Waals surface area contributed by atoms with E-state index >= 15 is 0 Å². The number of rotatable bonds is 6. The monoisotopic (exact) mass is 589 g/mol. The Morgan fingerprint density at radius 3 is 1.33 bits per heavy atom. The average molecular weight is 590 g/mol. The van der Waals surface area contributed by atoms with Crippen LogP contribution in [0.4, 0.5) is 0 Å². The highest BCUT2D eigenvalue weighted by atomic mass is 15.0. The van der Waals surface area contributed by atoms with Gasteiger partial charge in [0.2, 0.25) is 0 Å². The molecule has 8 rings (SSSR count). The van der Waals surface area contributed by atoms with E-state index < -0.39 is 0 Å². The number of aryl methyl sites for hydroxylation is 1. The van der Waals surface area contributed by atoms with Gasteiger partial charge in [0.15, 0.2) is 17.5 Å². The van der Waals surface area contributed by atoms with Gasteiger partial charge in [0, 0.05) is 16.7 Å². The van der Waals surface area contributed by atoms with Gasteiger partial charge in [0.1, 0.15) is 0 Å². The summed E-state index contributed by atoms with van der Waals surface area (Å²) in [7, 11) is 0. The van der Waals surface area contributed by atoms with Gasteiger partial charge in [-0.2, -0.15) is 0 Å². The zero-order valence-electron chi connectivity index (χ0n) is 25.6. The summed E-state index contributed by atoms with van der Waals surface area (Å²) in [5.41, 5.74) is 9.03. The van der Waals surface area contributed by atoms with E-state index in [2.05, 4.69) is 104 Å². The molecule has 0 aliphatic rings. The SMILES string of the molecule is CCc1cc(-c2ccccc2)cc2ccc3cc(-c4nc(-c5ccccc5)nc(-c5ccccc5)n4)cc(-c4ccccc4)c3c12. The minimum atomic E-state index is 0.655. The highest BCUT2D eigenvalue weighted by molar-refractivity contribution is 6.17. The molecule has 0 atom stereocenters. The normalized spacial score (nSPS) is 11.2. The van der Waals surface area contributed by atoms with Gasteiger partial charge in [-0.05, 0) is 74.0 Å². The Kier molecular flexibility index (Phi) is 7.12. The molecule has 0 amide bonds. The molecule has 1 aromatic heterocycles. The summed E-state index contributed by atoms with van der Waals surface area (Å²) in [6.45, 7) is 2.25. The van der Waals surface area contributed by atoms with Gasteiger partial charge in [-0.15, -0.1) is 0 Å². The average Bonchev–Trinajstić information content (AvgIpc) is 3.15. The standard InChI is InChI=1S/C43H31N3/c1-2-29-25-36(30-15-7-3-8-16-30)26-34-23-24-35-27-37(28-38(40(35)39(29)34)31-17-9-4-10-18-31)43-45-41(32-19-11-5-12-20-32)44-42(46-43)33-21-13-6-14-22-33/h3-28H,2H2,1H3. The number of hydrogen-bond donors (Lipinski definition) is 0. The predicted octanol–water partition coefficient (Wildman–Crippen LogP) is 11.1. The number of benzene rings is 7. The van der Waals surface area contributed by atoms with Gasteiger partial charge in [0.25, 0.3) is 0 Å². The quantitative estimate of drug-likeness (QED) is 0.181. The Labute approximate surface area is 268 Å². The summed E-state index contributed by atoms with van der Waals surface area (Å²) < 4.78 is 0. The first-order valence-electron chi connectivity index (χ1n) is 15.8. The van der Waals surface area contributed by atoms with Gasteiger partial charge >= 0.3 is 0 Å². The van der Waals surface area contributed by atoms with Crippen molar-refractivity contribution in [3.05, 3.63) is 163 Å². The fourth-order valence-electron chi connectivity index (χ4n) is 6.41. The van der Waals surface area contributed by atoms with Crippen molar-refractivity contribution >= 4 is 21.5 Å².